The molecule has 0 unspecified atom stereocenters. The highest BCUT2D eigenvalue weighted by atomic mass is 127. The third-order valence-corrected chi connectivity index (χ3v) is 5.89. The van der Waals surface area contributed by atoms with E-state index in [9.17, 15) is 0 Å². The van der Waals surface area contributed by atoms with E-state index in [1.807, 2.05) is 11.3 Å². The zero-order valence-corrected chi connectivity index (χ0v) is 17.9. The summed E-state index contributed by atoms with van der Waals surface area (Å²) < 4.78 is 0. The number of hydrogen-bond acceptors (Lipinski definition) is 3. The maximum atomic E-state index is 4.80. The molecule has 1 aromatic heterocycles. The van der Waals surface area contributed by atoms with Crippen LogP contribution in [0, 0.1) is 0 Å². The Balaban J connectivity index is 0.00000208. The summed E-state index contributed by atoms with van der Waals surface area (Å²) in [5, 5.41) is 9.26. The normalized spacial score (nSPS) is 19.5. The van der Waals surface area contributed by atoms with E-state index in [2.05, 4.69) is 33.9 Å². The Bertz CT molecular complexity index is 511. The molecular formula is C18H31IN4S. The molecule has 1 fully saturated rings. The van der Waals surface area contributed by atoms with Crippen molar-refractivity contribution < 1.29 is 0 Å². The van der Waals surface area contributed by atoms with Gasteiger partial charge in [-0.15, -0.1) is 35.3 Å². The predicted molar refractivity (Wildman–Crippen MR) is 115 cm³/mol. The van der Waals surface area contributed by atoms with Crippen LogP contribution in [-0.2, 0) is 13.0 Å². The maximum absolute atomic E-state index is 4.80. The van der Waals surface area contributed by atoms with E-state index in [4.69, 9.17) is 4.99 Å². The number of halogens is 1. The van der Waals surface area contributed by atoms with Crippen LogP contribution in [0.5, 0.6) is 0 Å². The molecule has 1 aliphatic carbocycles. The lowest BCUT2D eigenvalue weighted by molar-refractivity contribution is 0.263. The predicted octanol–water partition coefficient (Wildman–Crippen LogP) is 3.61. The van der Waals surface area contributed by atoms with Gasteiger partial charge in [-0.1, -0.05) is 19.3 Å². The van der Waals surface area contributed by atoms with Crippen molar-refractivity contribution in [2.24, 2.45) is 4.99 Å². The average Bonchev–Trinajstić information content (AvgIpc) is 3.04. The fraction of sp³-hybridized carbons (Fsp3) is 0.722. The minimum absolute atomic E-state index is 0. The van der Waals surface area contributed by atoms with Gasteiger partial charge in [-0.3, -0.25) is 9.89 Å². The summed E-state index contributed by atoms with van der Waals surface area (Å²) in [7, 11) is 0. The molecule has 0 spiro atoms. The average molecular weight is 462 g/mol. The van der Waals surface area contributed by atoms with Crippen molar-refractivity contribution in [2.75, 3.05) is 26.2 Å². The van der Waals surface area contributed by atoms with Crippen molar-refractivity contribution in [3.8, 4) is 0 Å². The highest BCUT2D eigenvalue weighted by Gasteiger charge is 2.17. The van der Waals surface area contributed by atoms with E-state index >= 15 is 0 Å². The van der Waals surface area contributed by atoms with Crippen LogP contribution in [0.3, 0.4) is 0 Å². The lowest BCUT2D eigenvalue weighted by Gasteiger charge is -2.27. The van der Waals surface area contributed by atoms with Crippen molar-refractivity contribution in [1.29, 1.82) is 0 Å². The molecule has 3 rings (SSSR count). The number of hydrogen-bond donors (Lipinski definition) is 2. The molecule has 0 bridgehead atoms. The van der Waals surface area contributed by atoms with Crippen molar-refractivity contribution in [3.05, 3.63) is 21.9 Å². The Hall–Kier alpha value is -0.340. The van der Waals surface area contributed by atoms with E-state index in [-0.39, 0.29) is 24.0 Å². The SMILES string of the molecule is CCNC(=NCCN1CCc2sccc2C1)NC1CCCCC1.I. The van der Waals surface area contributed by atoms with Gasteiger partial charge in [0.2, 0.25) is 0 Å². The Kier molecular flexibility index (Phi) is 8.83. The molecule has 4 nitrogen and oxygen atoms in total. The molecule has 1 aromatic rings. The summed E-state index contributed by atoms with van der Waals surface area (Å²) in [6.45, 7) is 7.27. The van der Waals surface area contributed by atoms with E-state index in [0.29, 0.717) is 6.04 Å². The summed E-state index contributed by atoms with van der Waals surface area (Å²) in [6.07, 6.45) is 7.89. The van der Waals surface area contributed by atoms with Crippen LogP contribution in [-0.4, -0.2) is 43.1 Å². The van der Waals surface area contributed by atoms with Gasteiger partial charge in [-0.2, -0.15) is 0 Å². The third kappa shape index (κ3) is 5.88. The van der Waals surface area contributed by atoms with Gasteiger partial charge in [0, 0.05) is 37.1 Å². The van der Waals surface area contributed by atoms with Crippen molar-refractivity contribution >= 4 is 41.3 Å². The molecule has 1 saturated carbocycles. The molecule has 136 valence electrons. The van der Waals surface area contributed by atoms with Gasteiger partial charge in [-0.05, 0) is 43.2 Å². The first-order valence-electron chi connectivity index (χ1n) is 9.17. The second kappa shape index (κ2) is 10.6. The van der Waals surface area contributed by atoms with E-state index in [0.717, 1.165) is 32.1 Å². The number of thiophene rings is 1. The molecular weight excluding hydrogens is 431 g/mol. The lowest BCUT2D eigenvalue weighted by atomic mass is 9.96. The summed E-state index contributed by atoms with van der Waals surface area (Å²) in [4.78, 5) is 8.91. The van der Waals surface area contributed by atoms with Gasteiger partial charge < -0.3 is 10.6 Å². The first-order valence-corrected chi connectivity index (χ1v) is 10.1. The first-order chi connectivity index (χ1) is 11.3. The van der Waals surface area contributed by atoms with Crippen LogP contribution in [0.4, 0.5) is 0 Å². The molecule has 0 saturated heterocycles. The number of fused-ring (bicyclic) bond motifs is 1. The van der Waals surface area contributed by atoms with Gasteiger partial charge in [0.1, 0.15) is 0 Å². The second-order valence-corrected chi connectivity index (χ2v) is 7.64. The van der Waals surface area contributed by atoms with Crippen LogP contribution in [0.2, 0.25) is 0 Å². The van der Waals surface area contributed by atoms with Gasteiger partial charge >= 0.3 is 0 Å². The Morgan fingerprint density at radius 2 is 2.17 bits per heavy atom. The molecule has 0 atom stereocenters. The topological polar surface area (TPSA) is 39.7 Å². The molecule has 1 aliphatic heterocycles. The van der Waals surface area contributed by atoms with Crippen molar-refractivity contribution in [1.82, 2.24) is 15.5 Å². The Morgan fingerprint density at radius 1 is 1.33 bits per heavy atom. The number of rotatable bonds is 5. The Labute approximate surface area is 167 Å². The van der Waals surface area contributed by atoms with E-state index in [1.165, 1.54) is 50.6 Å². The summed E-state index contributed by atoms with van der Waals surface area (Å²) in [5.74, 6) is 1.01. The molecule has 0 radical (unpaired) electrons. The van der Waals surface area contributed by atoms with Crippen molar-refractivity contribution in [2.45, 2.75) is 58.0 Å². The fourth-order valence-electron chi connectivity index (χ4n) is 3.56. The highest BCUT2D eigenvalue weighted by Crippen LogP contribution is 2.23. The molecule has 2 heterocycles. The van der Waals surface area contributed by atoms with Crippen LogP contribution >= 0.6 is 35.3 Å². The van der Waals surface area contributed by atoms with Gasteiger partial charge in [0.25, 0.3) is 0 Å². The molecule has 0 aromatic carbocycles. The van der Waals surface area contributed by atoms with Crippen molar-refractivity contribution in [3.63, 3.8) is 0 Å². The van der Waals surface area contributed by atoms with Crippen LogP contribution < -0.4 is 10.6 Å². The van der Waals surface area contributed by atoms with Gasteiger partial charge in [0.05, 0.1) is 6.54 Å². The van der Waals surface area contributed by atoms with Gasteiger partial charge in [0.15, 0.2) is 5.96 Å². The number of guanidine groups is 1. The second-order valence-electron chi connectivity index (χ2n) is 6.64. The summed E-state index contributed by atoms with van der Waals surface area (Å²) in [5.41, 5.74) is 1.53. The van der Waals surface area contributed by atoms with Crippen LogP contribution in [0.1, 0.15) is 49.5 Å². The zero-order valence-electron chi connectivity index (χ0n) is 14.7. The highest BCUT2D eigenvalue weighted by molar-refractivity contribution is 14.0. The maximum Gasteiger partial charge on any atom is 0.191 e. The minimum atomic E-state index is 0. The number of nitrogens with zero attached hydrogens (tertiary/aromatic N) is 2. The van der Waals surface area contributed by atoms with E-state index in [1.54, 1.807) is 4.88 Å². The quantitative estimate of drug-likeness (QED) is 0.399. The molecule has 2 N–H and O–H groups in total. The monoisotopic (exact) mass is 462 g/mol. The van der Waals surface area contributed by atoms with Crippen LogP contribution in [0.15, 0.2) is 16.4 Å². The molecule has 0 amide bonds. The fourth-order valence-corrected chi connectivity index (χ4v) is 4.45. The summed E-state index contributed by atoms with van der Waals surface area (Å²) in [6, 6.07) is 2.90. The third-order valence-electron chi connectivity index (χ3n) is 4.86. The summed E-state index contributed by atoms with van der Waals surface area (Å²) >= 11 is 1.91. The molecule has 2 aliphatic rings. The number of aliphatic imine (C=N–C) groups is 1. The standard InChI is InChI=1S/C18H30N4S.HI/c1-2-19-18(21-16-6-4-3-5-7-16)20-10-12-22-11-8-17-15(14-22)9-13-23-17;/h9,13,16H,2-8,10-12,14H2,1H3,(H2,19,20,21);1H. The first kappa shape index (κ1) is 20.0. The molecule has 6 heteroatoms. The Morgan fingerprint density at radius 3 is 2.96 bits per heavy atom. The zero-order chi connectivity index (χ0) is 15.9. The lowest BCUT2D eigenvalue weighted by Crippen LogP contribution is -2.44. The van der Waals surface area contributed by atoms with Gasteiger partial charge in [-0.25, -0.2) is 0 Å². The largest absolute Gasteiger partial charge is 0.357 e. The number of nitrogens with one attached hydrogen (secondary N) is 2. The van der Waals surface area contributed by atoms with E-state index < -0.39 is 0 Å². The van der Waals surface area contributed by atoms with Crippen LogP contribution in [0.25, 0.3) is 0 Å². The molecule has 24 heavy (non-hydrogen) atoms. The minimum Gasteiger partial charge on any atom is -0.357 e. The smallest absolute Gasteiger partial charge is 0.191 e.